The highest BCUT2D eigenvalue weighted by Crippen LogP contribution is 2.47. The van der Waals surface area contributed by atoms with Gasteiger partial charge in [-0.1, -0.05) is 0 Å². The zero-order chi connectivity index (χ0) is 10.9. The molecule has 0 radical (unpaired) electrons. The number of rotatable bonds is 5. The lowest BCUT2D eigenvalue weighted by Crippen LogP contribution is -2.23. The lowest BCUT2D eigenvalue weighted by atomic mass is 10.1. The summed E-state index contributed by atoms with van der Waals surface area (Å²) in [6.45, 7) is 0.622. The fourth-order valence-electron chi connectivity index (χ4n) is 1.46. The largest absolute Gasteiger partial charge is 0.481 e. The molecular formula is C8H12N4O3. The van der Waals surface area contributed by atoms with Crippen molar-refractivity contribution in [3.8, 4) is 0 Å². The molecule has 0 bridgehead atoms. The van der Waals surface area contributed by atoms with Crippen molar-refractivity contribution in [2.75, 3.05) is 7.11 Å². The van der Waals surface area contributed by atoms with Crippen LogP contribution >= 0.6 is 0 Å². The van der Waals surface area contributed by atoms with Gasteiger partial charge in [0.1, 0.15) is 6.61 Å². The van der Waals surface area contributed by atoms with Gasteiger partial charge in [-0.3, -0.25) is 4.79 Å². The first-order valence-corrected chi connectivity index (χ1v) is 4.65. The van der Waals surface area contributed by atoms with E-state index in [2.05, 4.69) is 15.5 Å². The van der Waals surface area contributed by atoms with E-state index >= 15 is 0 Å². The molecule has 1 aliphatic carbocycles. The van der Waals surface area contributed by atoms with Crippen LogP contribution in [0.1, 0.15) is 18.7 Å². The van der Waals surface area contributed by atoms with Crippen LogP contribution in [0, 0.1) is 5.41 Å². The van der Waals surface area contributed by atoms with Gasteiger partial charge in [0, 0.05) is 7.11 Å². The number of methoxy groups -OCH3 is 1. The van der Waals surface area contributed by atoms with E-state index in [4.69, 9.17) is 9.84 Å². The zero-order valence-corrected chi connectivity index (χ0v) is 8.38. The van der Waals surface area contributed by atoms with Crippen molar-refractivity contribution >= 4 is 5.97 Å². The summed E-state index contributed by atoms with van der Waals surface area (Å²) in [5.74, 6) is -0.216. The Hall–Kier alpha value is -1.50. The molecule has 7 nitrogen and oxygen atoms in total. The molecule has 0 spiro atoms. The van der Waals surface area contributed by atoms with E-state index in [1.807, 2.05) is 0 Å². The molecule has 1 N–H and O–H groups in total. The van der Waals surface area contributed by atoms with E-state index in [9.17, 15) is 4.79 Å². The van der Waals surface area contributed by atoms with Crippen molar-refractivity contribution in [2.45, 2.75) is 26.0 Å². The van der Waals surface area contributed by atoms with E-state index < -0.39 is 11.4 Å². The number of carbonyl (C=O) groups is 1. The summed E-state index contributed by atoms with van der Waals surface area (Å²) in [7, 11) is 1.54. The molecule has 0 saturated heterocycles. The second kappa shape index (κ2) is 3.58. The number of aliphatic carboxylic acids is 1. The highest BCUT2D eigenvalue weighted by atomic mass is 16.5. The van der Waals surface area contributed by atoms with Gasteiger partial charge in [0.15, 0.2) is 5.82 Å². The number of hydrogen-bond acceptors (Lipinski definition) is 5. The summed E-state index contributed by atoms with van der Waals surface area (Å²) in [6.07, 6.45) is 1.38. The maximum absolute atomic E-state index is 11.0. The molecule has 0 atom stereocenters. The van der Waals surface area contributed by atoms with Gasteiger partial charge < -0.3 is 9.84 Å². The Balaban J connectivity index is 2.10. The van der Waals surface area contributed by atoms with Crippen molar-refractivity contribution in [2.24, 2.45) is 5.41 Å². The van der Waals surface area contributed by atoms with Gasteiger partial charge in [-0.2, -0.15) is 0 Å². The topological polar surface area (TPSA) is 90.1 Å². The predicted molar refractivity (Wildman–Crippen MR) is 47.8 cm³/mol. The number of carboxylic acid groups (broad SMARTS) is 1. The van der Waals surface area contributed by atoms with Crippen molar-refractivity contribution in [3.05, 3.63) is 5.82 Å². The maximum atomic E-state index is 11.0. The van der Waals surface area contributed by atoms with Crippen LogP contribution in [-0.2, 0) is 22.7 Å². The lowest BCUT2D eigenvalue weighted by molar-refractivity contribution is -0.144. The summed E-state index contributed by atoms with van der Waals surface area (Å²) >= 11 is 0. The van der Waals surface area contributed by atoms with Gasteiger partial charge >= 0.3 is 5.97 Å². The number of hydrogen-bond donors (Lipinski definition) is 1. The minimum Gasteiger partial charge on any atom is -0.481 e. The second-order valence-corrected chi connectivity index (χ2v) is 3.77. The number of ether oxygens (including phenoxy) is 1. The number of tetrazole rings is 1. The smallest absolute Gasteiger partial charge is 0.311 e. The number of aromatic nitrogens is 4. The van der Waals surface area contributed by atoms with Crippen molar-refractivity contribution in [1.29, 1.82) is 0 Å². The fourth-order valence-corrected chi connectivity index (χ4v) is 1.46. The number of carboxylic acids is 1. The molecule has 0 amide bonds. The monoisotopic (exact) mass is 212 g/mol. The first kappa shape index (κ1) is 10.0. The summed E-state index contributed by atoms with van der Waals surface area (Å²) in [5, 5.41) is 20.0. The average Bonchev–Trinajstić information content (AvgIpc) is 2.85. The lowest BCUT2D eigenvalue weighted by Gasteiger charge is -2.09. The minimum absolute atomic E-state index is 0.294. The van der Waals surface area contributed by atoms with Crippen LogP contribution in [0.25, 0.3) is 0 Å². The van der Waals surface area contributed by atoms with E-state index in [1.54, 1.807) is 7.11 Å². The normalized spacial score (nSPS) is 17.7. The van der Waals surface area contributed by atoms with E-state index in [0.717, 1.165) is 0 Å². The molecule has 1 saturated carbocycles. The zero-order valence-electron chi connectivity index (χ0n) is 8.38. The Morgan fingerprint density at radius 3 is 2.93 bits per heavy atom. The van der Waals surface area contributed by atoms with E-state index in [1.165, 1.54) is 4.68 Å². The van der Waals surface area contributed by atoms with Crippen molar-refractivity contribution < 1.29 is 14.6 Å². The van der Waals surface area contributed by atoms with Crippen LogP contribution in [0.15, 0.2) is 0 Å². The summed E-state index contributed by atoms with van der Waals surface area (Å²) in [5.41, 5.74) is -0.655. The predicted octanol–water partition coefficient (Wildman–Crippen LogP) is -0.316. The van der Waals surface area contributed by atoms with E-state index in [-0.39, 0.29) is 0 Å². The van der Waals surface area contributed by atoms with Gasteiger partial charge in [-0.05, 0) is 23.3 Å². The Labute approximate surface area is 86.0 Å². The third kappa shape index (κ3) is 1.82. The van der Waals surface area contributed by atoms with Crippen molar-refractivity contribution in [1.82, 2.24) is 20.2 Å². The fraction of sp³-hybridized carbons (Fsp3) is 0.750. The molecule has 7 heteroatoms. The molecule has 0 aromatic carbocycles. The molecule has 1 aliphatic rings. The minimum atomic E-state index is -0.777. The Morgan fingerprint density at radius 1 is 1.67 bits per heavy atom. The first-order valence-electron chi connectivity index (χ1n) is 4.65. The Kier molecular flexibility index (Phi) is 2.39. The summed E-state index contributed by atoms with van der Waals surface area (Å²) in [6, 6.07) is 0. The summed E-state index contributed by atoms with van der Waals surface area (Å²) in [4.78, 5) is 11.0. The molecule has 82 valence electrons. The number of nitrogens with zero attached hydrogens (tertiary/aromatic N) is 4. The molecular weight excluding hydrogens is 200 g/mol. The Morgan fingerprint density at radius 2 is 2.40 bits per heavy atom. The highest BCUT2D eigenvalue weighted by Gasteiger charge is 2.51. The first-order chi connectivity index (χ1) is 7.18. The van der Waals surface area contributed by atoms with Crippen LogP contribution in [0.2, 0.25) is 0 Å². The van der Waals surface area contributed by atoms with Crippen LogP contribution in [0.5, 0.6) is 0 Å². The molecule has 1 fully saturated rings. The van der Waals surface area contributed by atoms with Crippen LogP contribution in [-0.4, -0.2) is 38.4 Å². The van der Waals surface area contributed by atoms with Gasteiger partial charge in [0.05, 0.1) is 12.0 Å². The Bertz CT molecular complexity index is 372. The highest BCUT2D eigenvalue weighted by molar-refractivity contribution is 5.77. The van der Waals surface area contributed by atoms with Gasteiger partial charge in [-0.15, -0.1) is 5.10 Å². The maximum Gasteiger partial charge on any atom is 0.311 e. The van der Waals surface area contributed by atoms with Crippen LogP contribution in [0.3, 0.4) is 0 Å². The van der Waals surface area contributed by atoms with Gasteiger partial charge in [-0.25, -0.2) is 4.68 Å². The molecule has 15 heavy (non-hydrogen) atoms. The molecule has 1 aromatic heterocycles. The quantitative estimate of drug-likeness (QED) is 0.719. The standard InChI is InChI=1S/C8H12N4O3/c1-15-4-6-9-10-11-12(6)5-8(2-3-8)7(13)14/h2-5H2,1H3,(H,13,14). The third-order valence-electron chi connectivity index (χ3n) is 2.64. The SMILES string of the molecule is COCc1nnnn1CC1(C(=O)O)CC1. The molecule has 1 aromatic rings. The molecule has 0 aliphatic heterocycles. The van der Waals surface area contributed by atoms with Gasteiger partial charge in [0.2, 0.25) is 0 Å². The van der Waals surface area contributed by atoms with Crippen LogP contribution < -0.4 is 0 Å². The molecule has 1 heterocycles. The van der Waals surface area contributed by atoms with Crippen molar-refractivity contribution in [3.63, 3.8) is 0 Å². The second-order valence-electron chi connectivity index (χ2n) is 3.77. The third-order valence-corrected chi connectivity index (χ3v) is 2.64. The average molecular weight is 212 g/mol. The molecule has 2 rings (SSSR count). The molecule has 0 unspecified atom stereocenters. The summed E-state index contributed by atoms with van der Waals surface area (Å²) < 4.78 is 6.42. The van der Waals surface area contributed by atoms with Crippen LogP contribution in [0.4, 0.5) is 0 Å². The van der Waals surface area contributed by atoms with Gasteiger partial charge in [0.25, 0.3) is 0 Å². The van der Waals surface area contributed by atoms with E-state index in [0.29, 0.717) is 31.8 Å².